The van der Waals surface area contributed by atoms with Gasteiger partial charge in [0.2, 0.25) is 0 Å². The minimum Gasteiger partial charge on any atom is -0.491 e. The number of anilines is 1. The van der Waals surface area contributed by atoms with E-state index in [9.17, 15) is 9.90 Å². The highest BCUT2D eigenvalue weighted by molar-refractivity contribution is 6.33. The fourth-order valence-corrected chi connectivity index (χ4v) is 6.15. The van der Waals surface area contributed by atoms with E-state index in [0.717, 1.165) is 60.7 Å². The first kappa shape index (κ1) is 29.1. The number of hydrogen-bond donors (Lipinski definition) is 1. The third-order valence-electron chi connectivity index (χ3n) is 8.32. The SMILES string of the molecule is CCC[C@@H](O)COc1ccc(Cl)c(-c2nc(-c3c(C)cnn3C)c(C)c(N3CC4(CCN(C(=O)OC)CC4)C3)n2)c1. The number of halogens is 1. The van der Waals surface area contributed by atoms with Crippen LogP contribution in [-0.4, -0.2) is 81.8 Å². The average molecular weight is 583 g/mol. The van der Waals surface area contributed by atoms with Gasteiger partial charge < -0.3 is 24.4 Å². The molecule has 1 spiro atoms. The Morgan fingerprint density at radius 1 is 1.20 bits per heavy atom. The molecule has 2 fully saturated rings. The molecular weight excluding hydrogens is 544 g/mol. The fourth-order valence-electron chi connectivity index (χ4n) is 5.95. The average Bonchev–Trinajstić information content (AvgIpc) is 3.28. The Balaban J connectivity index is 1.48. The van der Waals surface area contributed by atoms with Gasteiger partial charge >= 0.3 is 6.09 Å². The lowest BCUT2D eigenvalue weighted by Crippen LogP contribution is -2.61. The number of benzene rings is 1. The number of aryl methyl sites for hydroxylation is 2. The van der Waals surface area contributed by atoms with Crippen LogP contribution >= 0.6 is 11.6 Å². The summed E-state index contributed by atoms with van der Waals surface area (Å²) in [5.74, 6) is 1.98. The van der Waals surface area contributed by atoms with Gasteiger partial charge in [0.15, 0.2) is 5.82 Å². The molecule has 41 heavy (non-hydrogen) atoms. The van der Waals surface area contributed by atoms with Crippen molar-refractivity contribution in [1.29, 1.82) is 0 Å². The van der Waals surface area contributed by atoms with Crippen LogP contribution < -0.4 is 9.64 Å². The van der Waals surface area contributed by atoms with Crippen molar-refractivity contribution in [3.8, 4) is 28.5 Å². The molecule has 2 aliphatic heterocycles. The number of aliphatic hydroxyl groups excluding tert-OH is 1. The van der Waals surface area contributed by atoms with E-state index in [0.29, 0.717) is 41.7 Å². The van der Waals surface area contributed by atoms with Crippen LogP contribution in [0.2, 0.25) is 5.02 Å². The second-order valence-corrected chi connectivity index (χ2v) is 11.8. The van der Waals surface area contributed by atoms with Crippen molar-refractivity contribution >= 4 is 23.5 Å². The third kappa shape index (κ3) is 5.85. The Labute approximate surface area is 246 Å². The molecule has 2 aliphatic rings. The van der Waals surface area contributed by atoms with E-state index >= 15 is 0 Å². The van der Waals surface area contributed by atoms with E-state index in [2.05, 4.69) is 16.9 Å². The third-order valence-corrected chi connectivity index (χ3v) is 8.65. The summed E-state index contributed by atoms with van der Waals surface area (Å²) < 4.78 is 12.7. The number of hydrogen-bond acceptors (Lipinski definition) is 8. The number of aliphatic hydroxyl groups is 1. The number of carbonyl (C=O) groups excluding carboxylic acids is 1. The lowest BCUT2D eigenvalue weighted by atomic mass is 9.72. The van der Waals surface area contributed by atoms with Crippen LogP contribution in [0.3, 0.4) is 0 Å². The molecule has 5 rings (SSSR count). The Kier molecular flexibility index (Phi) is 8.42. The minimum atomic E-state index is -0.529. The van der Waals surface area contributed by atoms with Gasteiger partial charge in [-0.3, -0.25) is 4.68 Å². The van der Waals surface area contributed by atoms with Gasteiger partial charge in [-0.25, -0.2) is 14.8 Å². The molecule has 1 atom stereocenters. The lowest BCUT2D eigenvalue weighted by Gasteiger charge is -2.54. The zero-order chi connectivity index (χ0) is 29.3. The maximum absolute atomic E-state index is 12.0. The van der Waals surface area contributed by atoms with Gasteiger partial charge in [-0.05, 0) is 56.9 Å². The topological polar surface area (TPSA) is 106 Å². The van der Waals surface area contributed by atoms with Gasteiger partial charge in [-0.15, -0.1) is 0 Å². The number of carbonyl (C=O) groups is 1. The Morgan fingerprint density at radius 2 is 1.93 bits per heavy atom. The number of methoxy groups -OCH3 is 1. The molecule has 10 nitrogen and oxygen atoms in total. The molecule has 220 valence electrons. The molecule has 1 aromatic carbocycles. The molecule has 0 unspecified atom stereocenters. The van der Waals surface area contributed by atoms with Gasteiger partial charge in [-0.1, -0.05) is 24.9 Å². The summed E-state index contributed by atoms with van der Waals surface area (Å²) >= 11 is 6.71. The van der Waals surface area contributed by atoms with Crippen LogP contribution in [0.1, 0.15) is 43.7 Å². The first-order valence-corrected chi connectivity index (χ1v) is 14.6. The molecule has 4 heterocycles. The first-order valence-electron chi connectivity index (χ1n) is 14.2. The van der Waals surface area contributed by atoms with Crippen LogP contribution in [0, 0.1) is 19.3 Å². The lowest BCUT2D eigenvalue weighted by molar-refractivity contribution is 0.0621. The van der Waals surface area contributed by atoms with Crippen molar-refractivity contribution in [1.82, 2.24) is 24.6 Å². The molecule has 11 heteroatoms. The Hall–Kier alpha value is -3.37. The smallest absolute Gasteiger partial charge is 0.409 e. The highest BCUT2D eigenvalue weighted by atomic mass is 35.5. The summed E-state index contributed by atoms with van der Waals surface area (Å²) in [6.45, 7) is 9.43. The van der Waals surface area contributed by atoms with E-state index in [1.807, 2.05) is 37.8 Å². The number of nitrogens with zero attached hydrogens (tertiary/aromatic N) is 6. The number of piperidine rings is 1. The molecule has 1 amide bonds. The summed E-state index contributed by atoms with van der Waals surface area (Å²) in [6.07, 6.45) is 4.47. The van der Waals surface area contributed by atoms with Crippen molar-refractivity contribution in [3.05, 3.63) is 40.5 Å². The van der Waals surface area contributed by atoms with Crippen molar-refractivity contribution in [2.75, 3.05) is 44.8 Å². The molecule has 0 radical (unpaired) electrons. The maximum atomic E-state index is 12.0. The van der Waals surface area contributed by atoms with E-state index < -0.39 is 6.10 Å². The van der Waals surface area contributed by atoms with Gasteiger partial charge in [0.05, 0.1) is 35.8 Å². The second-order valence-electron chi connectivity index (χ2n) is 11.4. The van der Waals surface area contributed by atoms with Gasteiger partial charge in [-0.2, -0.15) is 5.10 Å². The van der Waals surface area contributed by atoms with E-state index in [1.54, 1.807) is 17.0 Å². The van der Waals surface area contributed by atoms with Crippen LogP contribution in [0.4, 0.5) is 10.6 Å². The van der Waals surface area contributed by atoms with Gasteiger partial charge in [0.25, 0.3) is 0 Å². The van der Waals surface area contributed by atoms with E-state index in [4.69, 9.17) is 31.0 Å². The molecule has 0 saturated carbocycles. The number of amides is 1. The molecule has 2 aromatic heterocycles. The maximum Gasteiger partial charge on any atom is 0.409 e. The summed E-state index contributed by atoms with van der Waals surface area (Å²) in [6, 6.07) is 5.42. The Morgan fingerprint density at radius 3 is 2.56 bits per heavy atom. The zero-order valence-corrected chi connectivity index (χ0v) is 25.2. The zero-order valence-electron chi connectivity index (χ0n) is 24.5. The number of likely N-dealkylation sites (tertiary alicyclic amines) is 1. The molecule has 3 aromatic rings. The number of aromatic nitrogens is 4. The van der Waals surface area contributed by atoms with Crippen LogP contribution in [0.5, 0.6) is 5.75 Å². The standard InChI is InChI=1S/C30H39ClN6O4/c1-6-7-21(38)16-41-22-8-9-24(31)23(14-22)27-33-25(26-19(2)15-32-35(26)4)20(3)28(34-27)37-17-30(18-37)10-12-36(13-11-30)29(39)40-5/h8-9,14-15,21,38H,6-7,10-13,16-18H2,1-5H3/t21-/m1/s1. The minimum absolute atomic E-state index is 0.148. The number of rotatable bonds is 8. The predicted octanol–water partition coefficient (Wildman–Crippen LogP) is 5.02. The predicted molar refractivity (Wildman–Crippen MR) is 158 cm³/mol. The highest BCUT2D eigenvalue weighted by Gasteiger charge is 2.46. The normalized spacial score (nSPS) is 17.0. The summed E-state index contributed by atoms with van der Waals surface area (Å²) in [5, 5.41) is 15.1. The molecule has 1 N–H and O–H groups in total. The summed E-state index contributed by atoms with van der Waals surface area (Å²) in [4.78, 5) is 26.2. The van der Waals surface area contributed by atoms with E-state index in [1.165, 1.54) is 7.11 Å². The van der Waals surface area contributed by atoms with E-state index in [-0.39, 0.29) is 18.1 Å². The monoisotopic (exact) mass is 582 g/mol. The molecule has 0 aliphatic carbocycles. The summed E-state index contributed by atoms with van der Waals surface area (Å²) in [5.41, 5.74) is 4.56. The highest BCUT2D eigenvalue weighted by Crippen LogP contribution is 2.45. The molecular formula is C30H39ClN6O4. The summed E-state index contributed by atoms with van der Waals surface area (Å²) in [7, 11) is 3.35. The largest absolute Gasteiger partial charge is 0.491 e. The fraction of sp³-hybridized carbons (Fsp3) is 0.533. The van der Waals surface area contributed by atoms with Crippen molar-refractivity contribution in [2.45, 2.75) is 52.6 Å². The van der Waals surface area contributed by atoms with Crippen LogP contribution in [0.15, 0.2) is 24.4 Å². The number of ether oxygens (including phenoxy) is 2. The van der Waals surface area contributed by atoms with Crippen LogP contribution in [0.25, 0.3) is 22.8 Å². The quantitative estimate of drug-likeness (QED) is 0.394. The molecule has 0 bridgehead atoms. The molecule has 2 saturated heterocycles. The van der Waals surface area contributed by atoms with Crippen LogP contribution in [-0.2, 0) is 11.8 Å². The van der Waals surface area contributed by atoms with Gasteiger partial charge in [0.1, 0.15) is 18.2 Å². The van der Waals surface area contributed by atoms with Crippen molar-refractivity contribution in [3.63, 3.8) is 0 Å². The van der Waals surface area contributed by atoms with Crippen molar-refractivity contribution in [2.24, 2.45) is 12.5 Å². The second kappa shape index (κ2) is 11.9. The van der Waals surface area contributed by atoms with Crippen molar-refractivity contribution < 1.29 is 19.4 Å². The Bertz CT molecular complexity index is 1390. The van der Waals surface area contributed by atoms with Gasteiger partial charge in [0, 0.05) is 49.8 Å². The first-order chi connectivity index (χ1) is 19.6.